The molecular formula is C16H22N4O. The van der Waals surface area contributed by atoms with E-state index in [1.54, 1.807) is 0 Å². The summed E-state index contributed by atoms with van der Waals surface area (Å²) >= 11 is 0. The fourth-order valence-electron chi connectivity index (χ4n) is 2.23. The van der Waals surface area contributed by atoms with E-state index >= 15 is 0 Å². The second-order valence-electron chi connectivity index (χ2n) is 5.22. The van der Waals surface area contributed by atoms with Gasteiger partial charge in [0.2, 0.25) is 5.91 Å². The number of benzene rings is 1. The third-order valence-electron chi connectivity index (χ3n) is 3.47. The predicted octanol–water partition coefficient (Wildman–Crippen LogP) is 1.98. The minimum atomic E-state index is 0.0846. The van der Waals surface area contributed by atoms with Gasteiger partial charge in [0.15, 0.2) is 0 Å². The first-order valence-electron chi connectivity index (χ1n) is 7.25. The van der Waals surface area contributed by atoms with Crippen LogP contribution >= 0.6 is 0 Å². The Hall–Kier alpha value is -2.30. The van der Waals surface area contributed by atoms with E-state index in [4.69, 9.17) is 5.73 Å². The molecule has 1 aromatic carbocycles. The molecule has 112 valence electrons. The van der Waals surface area contributed by atoms with E-state index in [9.17, 15) is 4.79 Å². The zero-order valence-corrected chi connectivity index (χ0v) is 12.4. The molecule has 2 aromatic rings. The van der Waals surface area contributed by atoms with Gasteiger partial charge in [0, 0.05) is 24.3 Å². The Bertz CT molecular complexity index is 591. The van der Waals surface area contributed by atoms with Gasteiger partial charge in [-0.15, -0.1) is 0 Å². The molecule has 0 aliphatic rings. The number of nitrogens with zero attached hydrogens (tertiary/aromatic N) is 1. The van der Waals surface area contributed by atoms with Crippen molar-refractivity contribution >= 4 is 11.6 Å². The molecule has 5 nitrogen and oxygen atoms in total. The van der Waals surface area contributed by atoms with Crippen LogP contribution in [-0.4, -0.2) is 22.6 Å². The van der Waals surface area contributed by atoms with E-state index in [0.29, 0.717) is 13.0 Å². The maximum Gasteiger partial charge on any atom is 0.220 e. The number of carbonyl (C=O) groups excluding carboxylic acids is 1. The second-order valence-corrected chi connectivity index (χ2v) is 5.22. The van der Waals surface area contributed by atoms with E-state index in [-0.39, 0.29) is 5.91 Å². The highest BCUT2D eigenvalue weighted by molar-refractivity contribution is 5.76. The van der Waals surface area contributed by atoms with Gasteiger partial charge in [-0.1, -0.05) is 12.1 Å². The highest BCUT2D eigenvalue weighted by Crippen LogP contribution is 2.09. The van der Waals surface area contributed by atoms with E-state index in [1.807, 2.05) is 37.4 Å². The van der Waals surface area contributed by atoms with Crippen molar-refractivity contribution in [3.05, 3.63) is 47.3 Å². The summed E-state index contributed by atoms with van der Waals surface area (Å²) in [6.07, 6.45) is 4.91. The molecule has 5 heteroatoms. The van der Waals surface area contributed by atoms with Gasteiger partial charge in [-0.05, 0) is 49.4 Å². The number of aryl methyl sites for hydroxylation is 3. The number of nitrogen functional groups attached to an aromatic ring is 1. The molecule has 2 rings (SSSR count). The van der Waals surface area contributed by atoms with Gasteiger partial charge in [0.05, 0.1) is 6.20 Å². The molecular weight excluding hydrogens is 264 g/mol. The van der Waals surface area contributed by atoms with Crippen LogP contribution in [0.2, 0.25) is 0 Å². The summed E-state index contributed by atoms with van der Waals surface area (Å²) in [6.45, 7) is 2.70. The molecule has 1 amide bonds. The second kappa shape index (κ2) is 7.47. The molecule has 0 aliphatic heterocycles. The molecule has 0 bridgehead atoms. The molecule has 0 saturated carbocycles. The number of aromatic amines is 1. The molecule has 1 aromatic heterocycles. The zero-order chi connectivity index (χ0) is 15.1. The van der Waals surface area contributed by atoms with E-state index in [0.717, 1.165) is 36.2 Å². The number of aromatic nitrogens is 2. The summed E-state index contributed by atoms with van der Waals surface area (Å²) in [7, 11) is 0. The Morgan fingerprint density at radius 1 is 1.38 bits per heavy atom. The molecule has 0 fully saturated rings. The number of nitrogens with one attached hydrogen (secondary N) is 2. The fourth-order valence-corrected chi connectivity index (χ4v) is 2.23. The molecule has 0 radical (unpaired) electrons. The Balaban J connectivity index is 1.63. The quantitative estimate of drug-likeness (QED) is 0.537. The SMILES string of the molecule is Cc1[nH]ncc1CCCNC(=O)CCc1cccc(N)c1. The van der Waals surface area contributed by atoms with Crippen molar-refractivity contribution in [3.8, 4) is 0 Å². The van der Waals surface area contributed by atoms with Crippen LogP contribution in [0, 0.1) is 6.92 Å². The molecule has 0 spiro atoms. The van der Waals surface area contributed by atoms with Gasteiger partial charge in [0.25, 0.3) is 0 Å². The number of H-pyrrole nitrogens is 1. The van der Waals surface area contributed by atoms with Crippen molar-refractivity contribution in [1.82, 2.24) is 15.5 Å². The average molecular weight is 286 g/mol. The van der Waals surface area contributed by atoms with Crippen LogP contribution < -0.4 is 11.1 Å². The highest BCUT2D eigenvalue weighted by Gasteiger charge is 2.03. The maximum atomic E-state index is 11.8. The molecule has 0 atom stereocenters. The molecule has 4 N–H and O–H groups in total. The number of nitrogens with two attached hydrogens (primary N) is 1. The Morgan fingerprint density at radius 2 is 2.24 bits per heavy atom. The normalized spacial score (nSPS) is 10.5. The number of rotatable bonds is 7. The molecule has 0 aliphatic carbocycles. The van der Waals surface area contributed by atoms with Gasteiger partial charge in [-0.3, -0.25) is 9.89 Å². The van der Waals surface area contributed by atoms with E-state index in [1.165, 1.54) is 5.56 Å². The first kappa shape index (κ1) is 15.1. The van der Waals surface area contributed by atoms with Crippen LogP contribution in [0.5, 0.6) is 0 Å². The van der Waals surface area contributed by atoms with Crippen LogP contribution in [0.4, 0.5) is 5.69 Å². The van der Waals surface area contributed by atoms with Gasteiger partial charge in [-0.2, -0.15) is 5.10 Å². The largest absolute Gasteiger partial charge is 0.399 e. The summed E-state index contributed by atoms with van der Waals surface area (Å²) < 4.78 is 0. The summed E-state index contributed by atoms with van der Waals surface area (Å²) in [6, 6.07) is 7.66. The zero-order valence-electron chi connectivity index (χ0n) is 12.4. The number of hydrogen-bond acceptors (Lipinski definition) is 3. The lowest BCUT2D eigenvalue weighted by atomic mass is 10.1. The average Bonchev–Trinajstić information content (AvgIpc) is 2.87. The van der Waals surface area contributed by atoms with Crippen molar-refractivity contribution in [3.63, 3.8) is 0 Å². The Labute approximate surface area is 124 Å². The van der Waals surface area contributed by atoms with Crippen LogP contribution in [-0.2, 0) is 17.6 Å². The van der Waals surface area contributed by atoms with Gasteiger partial charge >= 0.3 is 0 Å². The van der Waals surface area contributed by atoms with Crippen molar-refractivity contribution in [2.24, 2.45) is 0 Å². The number of amides is 1. The smallest absolute Gasteiger partial charge is 0.220 e. The van der Waals surface area contributed by atoms with Crippen molar-refractivity contribution in [2.75, 3.05) is 12.3 Å². The van der Waals surface area contributed by atoms with E-state index in [2.05, 4.69) is 15.5 Å². The van der Waals surface area contributed by atoms with Crippen LogP contribution in [0.25, 0.3) is 0 Å². The van der Waals surface area contributed by atoms with Gasteiger partial charge < -0.3 is 11.1 Å². The monoisotopic (exact) mass is 286 g/mol. The third-order valence-corrected chi connectivity index (χ3v) is 3.47. The van der Waals surface area contributed by atoms with Crippen LogP contribution in [0.3, 0.4) is 0 Å². The summed E-state index contributed by atoms with van der Waals surface area (Å²) in [4.78, 5) is 11.8. The van der Waals surface area contributed by atoms with Crippen molar-refractivity contribution in [1.29, 1.82) is 0 Å². The van der Waals surface area contributed by atoms with Crippen LogP contribution in [0.15, 0.2) is 30.5 Å². The lowest BCUT2D eigenvalue weighted by molar-refractivity contribution is -0.121. The third kappa shape index (κ3) is 4.95. The first-order valence-corrected chi connectivity index (χ1v) is 7.25. The fraction of sp³-hybridized carbons (Fsp3) is 0.375. The number of carbonyl (C=O) groups is 1. The molecule has 21 heavy (non-hydrogen) atoms. The molecule has 0 saturated heterocycles. The molecule has 1 heterocycles. The summed E-state index contributed by atoms with van der Waals surface area (Å²) in [5.41, 5.74) is 9.86. The molecule has 0 unspecified atom stereocenters. The standard InChI is InChI=1S/C16H22N4O/c1-12-14(11-19-20-12)5-3-9-18-16(21)8-7-13-4-2-6-15(17)10-13/h2,4,6,10-11H,3,5,7-9,17H2,1H3,(H,18,21)(H,19,20). The topological polar surface area (TPSA) is 83.8 Å². The maximum absolute atomic E-state index is 11.8. The van der Waals surface area contributed by atoms with Crippen molar-refractivity contribution in [2.45, 2.75) is 32.6 Å². The summed E-state index contributed by atoms with van der Waals surface area (Å²) in [5.74, 6) is 0.0846. The number of anilines is 1. The predicted molar refractivity (Wildman–Crippen MR) is 83.8 cm³/mol. The highest BCUT2D eigenvalue weighted by atomic mass is 16.1. The lowest BCUT2D eigenvalue weighted by Crippen LogP contribution is -2.25. The summed E-state index contributed by atoms with van der Waals surface area (Å²) in [5, 5.41) is 9.85. The lowest BCUT2D eigenvalue weighted by Gasteiger charge is -2.06. The van der Waals surface area contributed by atoms with Crippen LogP contribution in [0.1, 0.15) is 29.7 Å². The Morgan fingerprint density at radius 3 is 2.95 bits per heavy atom. The first-order chi connectivity index (χ1) is 10.1. The Kier molecular flexibility index (Phi) is 5.37. The number of hydrogen-bond donors (Lipinski definition) is 3. The van der Waals surface area contributed by atoms with Gasteiger partial charge in [-0.25, -0.2) is 0 Å². The van der Waals surface area contributed by atoms with Crippen molar-refractivity contribution < 1.29 is 4.79 Å². The van der Waals surface area contributed by atoms with E-state index < -0.39 is 0 Å². The minimum absolute atomic E-state index is 0.0846. The minimum Gasteiger partial charge on any atom is -0.399 e. The van der Waals surface area contributed by atoms with Gasteiger partial charge in [0.1, 0.15) is 0 Å².